The number of nitrogens with zero attached hydrogens (tertiary/aromatic N) is 4. The fourth-order valence-electron chi connectivity index (χ4n) is 4.34. The first-order valence-corrected chi connectivity index (χ1v) is 11.4. The first-order chi connectivity index (χ1) is 16.0. The van der Waals surface area contributed by atoms with E-state index >= 15 is 0 Å². The topological polar surface area (TPSA) is 70.5 Å². The van der Waals surface area contributed by atoms with Gasteiger partial charge in [0.25, 0.3) is 5.91 Å². The van der Waals surface area contributed by atoms with Gasteiger partial charge < -0.3 is 14.8 Å². The second-order valence-corrected chi connectivity index (χ2v) is 8.47. The predicted molar refractivity (Wildman–Crippen MR) is 128 cm³/mol. The van der Waals surface area contributed by atoms with E-state index in [1.54, 1.807) is 18.1 Å². The first kappa shape index (κ1) is 22.7. The van der Waals surface area contributed by atoms with E-state index in [4.69, 9.17) is 0 Å². The Morgan fingerprint density at radius 2 is 1.85 bits per heavy atom. The number of aryl methyl sites for hydroxylation is 1. The summed E-state index contributed by atoms with van der Waals surface area (Å²) >= 11 is 0. The zero-order valence-electron chi connectivity index (χ0n) is 19.3. The van der Waals surface area contributed by atoms with Crippen LogP contribution in [0.5, 0.6) is 0 Å². The molecule has 3 aromatic rings. The number of hydrogen-bond acceptors (Lipinski definition) is 4. The molecule has 0 radical (unpaired) electrons. The minimum atomic E-state index is -0.508. The lowest BCUT2D eigenvalue weighted by Gasteiger charge is -2.40. The molecule has 2 amide bonds. The molecule has 0 aliphatic carbocycles. The van der Waals surface area contributed by atoms with Gasteiger partial charge in [0.05, 0.1) is 0 Å². The molecule has 1 aliphatic rings. The van der Waals surface area contributed by atoms with Crippen molar-refractivity contribution in [2.45, 2.75) is 25.9 Å². The van der Waals surface area contributed by atoms with Crippen LogP contribution in [0.4, 0.5) is 0 Å². The van der Waals surface area contributed by atoms with Crippen LogP contribution in [-0.2, 0) is 17.8 Å². The van der Waals surface area contributed by atoms with Crippen molar-refractivity contribution in [1.82, 2.24) is 24.7 Å². The summed E-state index contributed by atoms with van der Waals surface area (Å²) < 4.78 is 2.04. The van der Waals surface area contributed by atoms with E-state index in [0.717, 1.165) is 30.9 Å². The Morgan fingerprint density at radius 3 is 2.58 bits per heavy atom. The molecule has 1 N–H and O–H groups in total. The maximum Gasteiger partial charge on any atom is 0.254 e. The lowest BCUT2D eigenvalue weighted by atomic mass is 10.1. The van der Waals surface area contributed by atoms with Gasteiger partial charge in [0.15, 0.2) is 0 Å². The van der Waals surface area contributed by atoms with E-state index in [1.807, 2.05) is 60.2 Å². The van der Waals surface area contributed by atoms with Crippen molar-refractivity contribution in [2.24, 2.45) is 0 Å². The van der Waals surface area contributed by atoms with Gasteiger partial charge in [0, 0.05) is 57.7 Å². The molecule has 1 atom stereocenters. The monoisotopic (exact) mass is 445 g/mol. The zero-order chi connectivity index (χ0) is 23.2. The summed E-state index contributed by atoms with van der Waals surface area (Å²) in [5.74, 6) is 0.700. The van der Waals surface area contributed by atoms with Crippen molar-refractivity contribution < 1.29 is 9.59 Å². The van der Waals surface area contributed by atoms with Crippen molar-refractivity contribution in [3.8, 4) is 0 Å². The molecule has 33 heavy (non-hydrogen) atoms. The van der Waals surface area contributed by atoms with Crippen LogP contribution in [-0.4, -0.2) is 70.4 Å². The van der Waals surface area contributed by atoms with Crippen LogP contribution in [0.2, 0.25) is 0 Å². The highest BCUT2D eigenvalue weighted by atomic mass is 16.2. The molecule has 7 nitrogen and oxygen atoms in total. The number of amides is 2. The van der Waals surface area contributed by atoms with Crippen molar-refractivity contribution in [1.29, 1.82) is 0 Å². The summed E-state index contributed by atoms with van der Waals surface area (Å²) in [5.41, 5.74) is 2.91. The Morgan fingerprint density at radius 1 is 1.06 bits per heavy atom. The van der Waals surface area contributed by atoms with E-state index in [0.29, 0.717) is 25.2 Å². The SMILES string of the molecule is CNC(=O)[C@@H]1CN(CCc2ccccc2)CCN1C(=O)c1cccc(Cn2ccnc2C)c1. The molecule has 1 aromatic heterocycles. The van der Waals surface area contributed by atoms with Crippen molar-refractivity contribution in [2.75, 3.05) is 33.2 Å². The van der Waals surface area contributed by atoms with E-state index in [1.165, 1.54) is 5.56 Å². The van der Waals surface area contributed by atoms with Crippen LogP contribution in [0.15, 0.2) is 67.0 Å². The highest BCUT2D eigenvalue weighted by Crippen LogP contribution is 2.17. The highest BCUT2D eigenvalue weighted by molar-refractivity contribution is 5.98. The van der Waals surface area contributed by atoms with E-state index in [2.05, 4.69) is 27.3 Å². The number of hydrogen-bond donors (Lipinski definition) is 1. The van der Waals surface area contributed by atoms with Crippen LogP contribution in [0.3, 0.4) is 0 Å². The van der Waals surface area contributed by atoms with Gasteiger partial charge in [-0.3, -0.25) is 14.5 Å². The molecule has 1 saturated heterocycles. The number of carbonyl (C=O) groups excluding carboxylic acids is 2. The number of aromatic nitrogens is 2. The molecule has 1 fully saturated rings. The fourth-order valence-corrected chi connectivity index (χ4v) is 4.34. The maximum absolute atomic E-state index is 13.4. The number of imidazole rings is 1. The van der Waals surface area contributed by atoms with Gasteiger partial charge in [-0.1, -0.05) is 42.5 Å². The Labute approximate surface area is 195 Å². The molecule has 4 rings (SSSR count). The molecule has 2 aromatic carbocycles. The zero-order valence-corrected chi connectivity index (χ0v) is 19.3. The Bertz CT molecular complexity index is 1090. The smallest absolute Gasteiger partial charge is 0.254 e. The van der Waals surface area contributed by atoms with E-state index in [-0.39, 0.29) is 11.8 Å². The van der Waals surface area contributed by atoms with Crippen LogP contribution in [0.25, 0.3) is 0 Å². The van der Waals surface area contributed by atoms with Gasteiger partial charge in [-0.25, -0.2) is 4.98 Å². The molecule has 0 saturated carbocycles. The Balaban J connectivity index is 1.45. The minimum absolute atomic E-state index is 0.101. The Hall–Kier alpha value is -3.45. The molecular formula is C26H31N5O2. The maximum atomic E-state index is 13.4. The highest BCUT2D eigenvalue weighted by Gasteiger charge is 2.35. The van der Waals surface area contributed by atoms with Gasteiger partial charge in [-0.2, -0.15) is 0 Å². The van der Waals surface area contributed by atoms with Gasteiger partial charge >= 0.3 is 0 Å². The third kappa shape index (κ3) is 5.49. The van der Waals surface area contributed by atoms with Gasteiger partial charge in [0.1, 0.15) is 11.9 Å². The van der Waals surface area contributed by atoms with Gasteiger partial charge in [-0.15, -0.1) is 0 Å². The summed E-state index contributed by atoms with van der Waals surface area (Å²) in [5, 5.41) is 2.74. The molecule has 0 spiro atoms. The number of benzene rings is 2. The number of piperazine rings is 1. The molecule has 172 valence electrons. The minimum Gasteiger partial charge on any atom is -0.357 e. The standard InChI is InChI=1S/C26H31N5O2/c1-20-28-12-14-30(20)18-22-9-6-10-23(17-22)26(33)31-16-15-29(19-24(31)25(32)27-2)13-11-21-7-4-3-5-8-21/h3-10,12,14,17,24H,11,13,15-16,18-19H2,1-2H3,(H,27,32)/t24-/m0/s1. The molecular weight excluding hydrogens is 414 g/mol. The lowest BCUT2D eigenvalue weighted by molar-refractivity contribution is -0.127. The predicted octanol–water partition coefficient (Wildman–Crippen LogP) is 2.35. The number of likely N-dealkylation sites (N-methyl/N-ethyl adjacent to an activating group) is 1. The van der Waals surface area contributed by atoms with Gasteiger partial charge in [-0.05, 0) is 36.6 Å². The molecule has 0 bridgehead atoms. The normalized spacial score (nSPS) is 16.5. The average Bonchev–Trinajstić information content (AvgIpc) is 3.26. The molecule has 0 unspecified atom stereocenters. The number of rotatable bonds is 7. The average molecular weight is 446 g/mol. The second-order valence-electron chi connectivity index (χ2n) is 8.47. The Kier molecular flexibility index (Phi) is 7.19. The number of carbonyl (C=O) groups is 2. The van der Waals surface area contributed by atoms with Crippen LogP contribution >= 0.6 is 0 Å². The molecule has 7 heteroatoms. The summed E-state index contributed by atoms with van der Waals surface area (Å²) in [6.45, 7) is 5.28. The number of nitrogens with one attached hydrogen (secondary N) is 1. The van der Waals surface area contributed by atoms with Crippen molar-refractivity contribution in [3.63, 3.8) is 0 Å². The second kappa shape index (κ2) is 10.4. The fraction of sp³-hybridized carbons (Fsp3) is 0.346. The third-order valence-corrected chi connectivity index (χ3v) is 6.28. The summed E-state index contributed by atoms with van der Waals surface area (Å²) in [6, 6.07) is 17.5. The van der Waals surface area contributed by atoms with E-state index in [9.17, 15) is 9.59 Å². The van der Waals surface area contributed by atoms with Gasteiger partial charge in [0.2, 0.25) is 5.91 Å². The first-order valence-electron chi connectivity index (χ1n) is 11.4. The molecule has 1 aliphatic heterocycles. The summed E-state index contributed by atoms with van der Waals surface area (Å²) in [4.78, 5) is 34.4. The van der Waals surface area contributed by atoms with Crippen molar-refractivity contribution in [3.05, 3.63) is 89.5 Å². The largest absolute Gasteiger partial charge is 0.357 e. The summed E-state index contributed by atoms with van der Waals surface area (Å²) in [7, 11) is 1.63. The molecule has 2 heterocycles. The lowest BCUT2D eigenvalue weighted by Crippen LogP contribution is -2.60. The summed E-state index contributed by atoms with van der Waals surface area (Å²) in [6.07, 6.45) is 4.63. The van der Waals surface area contributed by atoms with Crippen LogP contribution in [0, 0.1) is 6.92 Å². The third-order valence-electron chi connectivity index (χ3n) is 6.28. The van der Waals surface area contributed by atoms with Crippen LogP contribution in [0.1, 0.15) is 27.3 Å². The van der Waals surface area contributed by atoms with E-state index < -0.39 is 6.04 Å². The quantitative estimate of drug-likeness (QED) is 0.606. The van der Waals surface area contributed by atoms with Crippen LogP contribution < -0.4 is 5.32 Å². The van der Waals surface area contributed by atoms with Crippen molar-refractivity contribution >= 4 is 11.8 Å².